The van der Waals surface area contributed by atoms with Crippen LogP contribution in [0.2, 0.25) is 0 Å². The molecular weight excluding hydrogens is 456 g/mol. The molecule has 0 unspecified atom stereocenters. The maximum absolute atomic E-state index is 12.8. The van der Waals surface area contributed by atoms with Crippen LogP contribution in [0.15, 0.2) is 59.0 Å². The Hall–Kier alpha value is -2.91. The van der Waals surface area contributed by atoms with Crippen molar-refractivity contribution >= 4 is 23.0 Å². The van der Waals surface area contributed by atoms with E-state index in [1.165, 1.54) is 19.3 Å². The molecule has 1 saturated carbocycles. The molecule has 0 amide bonds. The van der Waals surface area contributed by atoms with Crippen LogP contribution in [-0.4, -0.2) is 57.3 Å². The van der Waals surface area contributed by atoms with Crippen molar-refractivity contribution in [3.8, 4) is 11.5 Å². The van der Waals surface area contributed by atoms with E-state index < -0.39 is 12.3 Å². The minimum Gasteiger partial charge on any atom is -0.415 e. The fraction of sp³-hybridized carbons (Fsp3) is 0.400. The Labute approximate surface area is 203 Å². The Bertz CT molecular complexity index is 1100. The van der Waals surface area contributed by atoms with Crippen molar-refractivity contribution in [2.75, 3.05) is 31.1 Å². The highest BCUT2D eigenvalue weighted by atomic mass is 32.1. The summed E-state index contributed by atoms with van der Waals surface area (Å²) in [4.78, 5) is 7.06. The minimum absolute atomic E-state index is 0.0848. The molecule has 1 aliphatic heterocycles. The van der Waals surface area contributed by atoms with Crippen LogP contribution >= 0.6 is 12.2 Å². The molecule has 2 heterocycles. The lowest BCUT2D eigenvalue weighted by Crippen LogP contribution is -2.56. The number of piperazine rings is 1. The van der Waals surface area contributed by atoms with Crippen molar-refractivity contribution in [3.05, 3.63) is 66.1 Å². The van der Waals surface area contributed by atoms with Crippen LogP contribution < -0.4 is 4.90 Å². The lowest BCUT2D eigenvalue weighted by molar-refractivity contribution is 0.0856. The average molecular weight is 484 g/mol. The molecule has 2 fully saturated rings. The van der Waals surface area contributed by atoms with Gasteiger partial charge in [-0.1, -0.05) is 36.8 Å². The Kier molecular flexibility index (Phi) is 6.82. The predicted octanol–water partition coefficient (Wildman–Crippen LogP) is 5.14. The summed E-state index contributed by atoms with van der Waals surface area (Å²) in [6, 6.07) is 18.4. The first kappa shape index (κ1) is 22.9. The van der Waals surface area contributed by atoms with E-state index in [1.807, 2.05) is 42.5 Å². The van der Waals surface area contributed by atoms with Gasteiger partial charge in [-0.2, -0.15) is 8.78 Å². The van der Waals surface area contributed by atoms with Gasteiger partial charge in [-0.15, -0.1) is 10.2 Å². The van der Waals surface area contributed by atoms with E-state index in [-0.39, 0.29) is 5.89 Å². The SMILES string of the molecule is FC(F)c1nnc(-c2ccc(CN(C(=S)N3CCN(C4CCC4)CC3)c3ccccc3)cc2)o1. The number of thiocarbonyl (C=S) groups is 1. The molecule has 0 N–H and O–H groups in total. The summed E-state index contributed by atoms with van der Waals surface area (Å²) >= 11 is 5.98. The molecule has 1 saturated heterocycles. The van der Waals surface area contributed by atoms with Crippen molar-refractivity contribution in [2.24, 2.45) is 0 Å². The summed E-state index contributed by atoms with van der Waals surface area (Å²) < 4.78 is 30.6. The number of anilines is 1. The summed E-state index contributed by atoms with van der Waals surface area (Å²) in [5.74, 6) is -0.585. The summed E-state index contributed by atoms with van der Waals surface area (Å²) in [5.41, 5.74) is 2.68. The predicted molar refractivity (Wildman–Crippen MR) is 131 cm³/mol. The van der Waals surface area contributed by atoms with E-state index in [9.17, 15) is 8.78 Å². The first-order valence-electron chi connectivity index (χ1n) is 11.6. The van der Waals surface area contributed by atoms with Gasteiger partial charge in [-0.3, -0.25) is 4.90 Å². The van der Waals surface area contributed by atoms with Crippen LogP contribution in [0.25, 0.3) is 11.5 Å². The fourth-order valence-corrected chi connectivity index (χ4v) is 4.81. The molecule has 0 radical (unpaired) electrons. The number of hydrogen-bond donors (Lipinski definition) is 0. The molecule has 1 aliphatic carbocycles. The van der Waals surface area contributed by atoms with Gasteiger partial charge in [0.15, 0.2) is 5.11 Å². The Morgan fingerprint density at radius 2 is 1.71 bits per heavy atom. The molecule has 2 aliphatic rings. The molecule has 6 nitrogen and oxygen atoms in total. The second-order valence-corrected chi connectivity index (χ2v) is 9.12. The van der Waals surface area contributed by atoms with Crippen LogP contribution in [0.4, 0.5) is 14.5 Å². The monoisotopic (exact) mass is 483 g/mol. The van der Waals surface area contributed by atoms with Crippen LogP contribution in [0.1, 0.15) is 37.1 Å². The third kappa shape index (κ3) is 4.95. The van der Waals surface area contributed by atoms with Crippen LogP contribution in [0.5, 0.6) is 0 Å². The second kappa shape index (κ2) is 10.1. The quantitative estimate of drug-likeness (QED) is 0.450. The Balaban J connectivity index is 1.30. The molecule has 2 aromatic carbocycles. The smallest absolute Gasteiger partial charge is 0.314 e. The molecule has 9 heteroatoms. The van der Waals surface area contributed by atoms with Crippen LogP contribution in [0, 0.1) is 0 Å². The van der Waals surface area contributed by atoms with E-state index in [1.54, 1.807) is 0 Å². The highest BCUT2D eigenvalue weighted by Gasteiger charge is 2.30. The zero-order chi connectivity index (χ0) is 23.5. The lowest BCUT2D eigenvalue weighted by atomic mass is 9.91. The summed E-state index contributed by atoms with van der Waals surface area (Å²) in [5, 5.41) is 7.95. The van der Waals surface area contributed by atoms with Gasteiger partial charge in [-0.05, 0) is 54.9 Å². The molecule has 178 valence electrons. The maximum atomic E-state index is 12.8. The number of hydrogen-bond acceptors (Lipinski definition) is 5. The number of nitrogens with zero attached hydrogens (tertiary/aromatic N) is 5. The van der Waals surface area contributed by atoms with Gasteiger partial charge in [0.25, 0.3) is 5.89 Å². The second-order valence-electron chi connectivity index (χ2n) is 8.76. The van der Waals surface area contributed by atoms with Gasteiger partial charge in [0.2, 0.25) is 5.89 Å². The standard InChI is InChI=1S/C25H27F2N5OS/c26-22(27)24-29-28-23(33-24)19-11-9-18(10-12-19)17-32(21-5-2-1-3-6-21)25(34)31-15-13-30(14-16-31)20-7-4-8-20/h1-3,5-6,9-12,20,22H,4,7-8,13-17H2. The first-order chi connectivity index (χ1) is 16.6. The fourth-order valence-electron chi connectivity index (χ4n) is 4.45. The van der Waals surface area contributed by atoms with Gasteiger partial charge in [0.1, 0.15) is 0 Å². The summed E-state index contributed by atoms with van der Waals surface area (Å²) in [7, 11) is 0. The Morgan fingerprint density at radius 1 is 1.00 bits per heavy atom. The minimum atomic E-state index is -2.78. The van der Waals surface area contributed by atoms with Crippen LogP contribution in [0.3, 0.4) is 0 Å². The van der Waals surface area contributed by atoms with E-state index in [2.05, 4.69) is 37.0 Å². The number of aromatic nitrogens is 2. The number of para-hydroxylation sites is 1. The zero-order valence-electron chi connectivity index (χ0n) is 18.8. The molecule has 3 aromatic rings. The maximum Gasteiger partial charge on any atom is 0.314 e. The van der Waals surface area contributed by atoms with E-state index in [0.29, 0.717) is 12.1 Å². The molecule has 0 atom stereocenters. The van der Waals surface area contributed by atoms with Crippen molar-refractivity contribution < 1.29 is 13.2 Å². The largest absolute Gasteiger partial charge is 0.415 e. The van der Waals surface area contributed by atoms with Crippen molar-refractivity contribution in [3.63, 3.8) is 0 Å². The zero-order valence-corrected chi connectivity index (χ0v) is 19.6. The summed E-state index contributed by atoms with van der Waals surface area (Å²) in [6.45, 7) is 4.56. The summed E-state index contributed by atoms with van der Waals surface area (Å²) in [6.07, 6.45) is 1.22. The molecule has 0 spiro atoms. The highest BCUT2D eigenvalue weighted by molar-refractivity contribution is 7.80. The lowest BCUT2D eigenvalue weighted by Gasteiger charge is -2.44. The van der Waals surface area contributed by atoms with Crippen molar-refractivity contribution in [2.45, 2.75) is 38.3 Å². The van der Waals surface area contributed by atoms with Gasteiger partial charge >= 0.3 is 6.43 Å². The molecule has 1 aromatic heterocycles. The molecule has 34 heavy (non-hydrogen) atoms. The molecular formula is C25H27F2N5OS. The van der Waals surface area contributed by atoms with E-state index in [4.69, 9.17) is 16.6 Å². The Morgan fingerprint density at radius 3 is 2.29 bits per heavy atom. The highest BCUT2D eigenvalue weighted by Crippen LogP contribution is 2.27. The molecule has 0 bridgehead atoms. The van der Waals surface area contributed by atoms with E-state index in [0.717, 1.165) is 48.6 Å². The molecule has 5 rings (SSSR count). The average Bonchev–Trinajstić information content (AvgIpc) is 3.33. The van der Waals surface area contributed by atoms with Gasteiger partial charge < -0.3 is 14.2 Å². The number of benzene rings is 2. The number of halogens is 2. The van der Waals surface area contributed by atoms with Gasteiger partial charge in [0.05, 0.1) is 6.54 Å². The number of alkyl halides is 2. The first-order valence-corrected chi connectivity index (χ1v) is 12.1. The normalized spacial score (nSPS) is 17.1. The number of rotatable bonds is 6. The van der Waals surface area contributed by atoms with Gasteiger partial charge in [0, 0.05) is 43.5 Å². The third-order valence-electron chi connectivity index (χ3n) is 6.64. The van der Waals surface area contributed by atoms with Gasteiger partial charge in [-0.25, -0.2) is 0 Å². The van der Waals surface area contributed by atoms with Crippen molar-refractivity contribution in [1.82, 2.24) is 20.0 Å². The third-order valence-corrected chi connectivity index (χ3v) is 7.12. The van der Waals surface area contributed by atoms with Crippen molar-refractivity contribution in [1.29, 1.82) is 0 Å². The topological polar surface area (TPSA) is 48.6 Å². The van der Waals surface area contributed by atoms with E-state index >= 15 is 0 Å². The van der Waals surface area contributed by atoms with Crippen LogP contribution in [-0.2, 0) is 6.54 Å².